The molecule has 1 atom stereocenters. The molecule has 2 aromatic rings. The Morgan fingerprint density at radius 2 is 2.00 bits per heavy atom. The highest BCUT2D eigenvalue weighted by Gasteiger charge is 2.20. The van der Waals surface area contributed by atoms with E-state index in [4.69, 9.17) is 11.6 Å². The molecule has 0 bridgehead atoms. The van der Waals surface area contributed by atoms with Gasteiger partial charge in [-0.15, -0.1) is 22.7 Å². The van der Waals surface area contributed by atoms with Crippen LogP contribution in [0.2, 0.25) is 4.34 Å². The van der Waals surface area contributed by atoms with Crippen LogP contribution in [0.3, 0.4) is 0 Å². The van der Waals surface area contributed by atoms with Crippen molar-refractivity contribution in [3.05, 3.63) is 40.0 Å². The molecule has 2 aromatic heterocycles. The van der Waals surface area contributed by atoms with Crippen LogP contribution in [-0.4, -0.2) is 7.05 Å². The van der Waals surface area contributed by atoms with Gasteiger partial charge in [0.25, 0.3) is 0 Å². The van der Waals surface area contributed by atoms with Crippen LogP contribution in [-0.2, 0) is 0 Å². The van der Waals surface area contributed by atoms with Gasteiger partial charge in [0.15, 0.2) is 0 Å². The lowest BCUT2D eigenvalue weighted by molar-refractivity contribution is 0.703. The molecule has 0 aromatic carbocycles. The largest absolute Gasteiger partial charge is 0.309 e. The van der Waals surface area contributed by atoms with E-state index >= 15 is 0 Å². The Hall–Kier alpha value is 0.610. The van der Waals surface area contributed by atoms with Gasteiger partial charge >= 0.3 is 0 Å². The minimum atomic E-state index is 0.183. The summed E-state index contributed by atoms with van der Waals surface area (Å²) in [6, 6.07) is 4.47. The van der Waals surface area contributed by atoms with Crippen LogP contribution >= 0.6 is 66.1 Å². The molecule has 6 heteroatoms. The summed E-state index contributed by atoms with van der Waals surface area (Å²) in [5.74, 6) is 0. The molecule has 0 aliphatic carbocycles. The lowest BCUT2D eigenvalue weighted by Gasteiger charge is -2.13. The van der Waals surface area contributed by atoms with E-state index in [9.17, 15) is 0 Å². The fraction of sp³-hybridized carbons (Fsp3) is 0.273. The van der Waals surface area contributed by atoms with Crippen LogP contribution in [0.5, 0.6) is 0 Å². The van der Waals surface area contributed by atoms with Crippen LogP contribution in [0.1, 0.15) is 22.0 Å². The first-order chi connectivity index (χ1) is 8.02. The monoisotopic (exact) mass is 413 g/mol. The second kappa shape index (κ2) is 5.72. The zero-order valence-electron chi connectivity index (χ0n) is 9.18. The Balaban J connectivity index is 2.43. The average molecular weight is 416 g/mol. The summed E-state index contributed by atoms with van der Waals surface area (Å²) in [4.78, 5) is 1.24. The van der Waals surface area contributed by atoms with Crippen LogP contribution in [0.15, 0.2) is 19.7 Å². The van der Waals surface area contributed by atoms with Gasteiger partial charge in [0.2, 0.25) is 0 Å². The molecular weight excluding hydrogens is 406 g/mol. The summed E-state index contributed by atoms with van der Waals surface area (Å²) in [6.45, 7) is 2.04. The number of hydrogen-bond donors (Lipinski definition) is 1. The average Bonchev–Trinajstić information content (AvgIpc) is 2.74. The summed E-state index contributed by atoms with van der Waals surface area (Å²) < 4.78 is 3.13. The summed E-state index contributed by atoms with van der Waals surface area (Å²) in [5.41, 5.74) is 2.37. The maximum absolute atomic E-state index is 6.14. The minimum absolute atomic E-state index is 0.183. The van der Waals surface area contributed by atoms with Crippen molar-refractivity contribution in [1.82, 2.24) is 5.32 Å². The van der Waals surface area contributed by atoms with Crippen molar-refractivity contribution in [1.29, 1.82) is 0 Å². The third-order valence-electron chi connectivity index (χ3n) is 2.44. The first-order valence-electron chi connectivity index (χ1n) is 4.90. The predicted molar refractivity (Wildman–Crippen MR) is 84.7 cm³/mol. The van der Waals surface area contributed by atoms with Gasteiger partial charge in [-0.1, -0.05) is 11.6 Å². The molecule has 0 fully saturated rings. The van der Waals surface area contributed by atoms with Crippen molar-refractivity contribution >= 4 is 66.1 Å². The van der Waals surface area contributed by atoms with E-state index in [1.165, 1.54) is 10.4 Å². The van der Waals surface area contributed by atoms with Crippen LogP contribution in [0.25, 0.3) is 0 Å². The maximum Gasteiger partial charge on any atom is 0.0961 e. The van der Waals surface area contributed by atoms with E-state index in [0.29, 0.717) is 0 Å². The summed E-state index contributed by atoms with van der Waals surface area (Å²) in [5, 5.41) is 3.34. The summed E-state index contributed by atoms with van der Waals surface area (Å²) >= 11 is 16.6. The molecule has 0 amide bonds. The number of halogens is 3. The predicted octanol–water partition coefficient (Wildman–Crippen LogP) is 5.61. The van der Waals surface area contributed by atoms with Gasteiger partial charge in [0, 0.05) is 10.4 Å². The van der Waals surface area contributed by atoms with Crippen molar-refractivity contribution < 1.29 is 0 Å². The van der Waals surface area contributed by atoms with Crippen molar-refractivity contribution in [2.24, 2.45) is 0 Å². The zero-order valence-corrected chi connectivity index (χ0v) is 14.7. The van der Waals surface area contributed by atoms with E-state index in [2.05, 4.69) is 49.3 Å². The smallest absolute Gasteiger partial charge is 0.0961 e. The molecule has 0 radical (unpaired) electrons. The molecule has 0 spiro atoms. The lowest BCUT2D eigenvalue weighted by Crippen LogP contribution is -2.16. The lowest BCUT2D eigenvalue weighted by atomic mass is 10.1. The second-order valence-electron chi connectivity index (χ2n) is 3.61. The quantitative estimate of drug-likeness (QED) is 0.687. The Morgan fingerprint density at radius 3 is 2.41 bits per heavy atom. The van der Waals surface area contributed by atoms with Crippen LogP contribution in [0.4, 0.5) is 0 Å². The molecule has 0 saturated carbocycles. The fourth-order valence-corrected chi connectivity index (χ4v) is 5.88. The Bertz CT molecular complexity index is 516. The third kappa shape index (κ3) is 2.96. The Labute approximate surface area is 130 Å². The van der Waals surface area contributed by atoms with Crippen molar-refractivity contribution in [2.75, 3.05) is 7.05 Å². The molecule has 1 unspecified atom stereocenters. The van der Waals surface area contributed by atoms with Crippen LogP contribution < -0.4 is 5.32 Å². The van der Waals surface area contributed by atoms with Crippen molar-refractivity contribution in [3.63, 3.8) is 0 Å². The highest BCUT2D eigenvalue weighted by Crippen LogP contribution is 2.40. The second-order valence-corrected chi connectivity index (χ2v) is 9.04. The minimum Gasteiger partial charge on any atom is -0.309 e. The standard InChI is InChI=1S/C11H10Br2ClNS2/c1-5-3-7(16-11(5)14)9(15-2)6-4-8(12)17-10(6)13/h3-4,9,15H,1-2H3. The molecule has 2 heterocycles. The van der Waals surface area contributed by atoms with Gasteiger partial charge in [-0.2, -0.15) is 0 Å². The number of aryl methyl sites for hydroxylation is 1. The van der Waals surface area contributed by atoms with Gasteiger partial charge in [0.1, 0.15) is 0 Å². The molecule has 1 nitrogen and oxygen atoms in total. The SMILES string of the molecule is CNC(c1cc(C)c(Cl)s1)c1cc(Br)sc1Br. The van der Waals surface area contributed by atoms with E-state index in [1.54, 1.807) is 22.7 Å². The highest BCUT2D eigenvalue weighted by molar-refractivity contribution is 9.12. The van der Waals surface area contributed by atoms with E-state index in [-0.39, 0.29) is 6.04 Å². The van der Waals surface area contributed by atoms with Gasteiger partial charge in [-0.25, -0.2) is 0 Å². The fourth-order valence-electron chi connectivity index (χ4n) is 1.63. The number of rotatable bonds is 3. The third-order valence-corrected chi connectivity index (χ3v) is 6.45. The van der Waals surface area contributed by atoms with Crippen molar-refractivity contribution in [2.45, 2.75) is 13.0 Å². The Morgan fingerprint density at radius 1 is 1.29 bits per heavy atom. The van der Waals surface area contributed by atoms with Crippen LogP contribution in [0, 0.1) is 6.92 Å². The maximum atomic E-state index is 6.14. The molecule has 0 saturated heterocycles. The molecular formula is C11H10Br2ClNS2. The van der Waals surface area contributed by atoms with E-state index in [1.807, 2.05) is 14.0 Å². The molecule has 0 aliphatic rings. The van der Waals surface area contributed by atoms with E-state index < -0.39 is 0 Å². The van der Waals surface area contributed by atoms with Gasteiger partial charge in [-0.05, 0) is 63.5 Å². The van der Waals surface area contributed by atoms with Gasteiger partial charge < -0.3 is 5.32 Å². The molecule has 2 rings (SSSR count). The number of nitrogens with one attached hydrogen (secondary N) is 1. The summed E-state index contributed by atoms with van der Waals surface area (Å²) in [7, 11) is 1.96. The number of thiophene rings is 2. The zero-order chi connectivity index (χ0) is 12.6. The van der Waals surface area contributed by atoms with E-state index in [0.717, 1.165) is 17.5 Å². The summed E-state index contributed by atoms with van der Waals surface area (Å²) in [6.07, 6.45) is 0. The first-order valence-corrected chi connectivity index (χ1v) is 8.50. The van der Waals surface area contributed by atoms with Gasteiger partial charge in [-0.3, -0.25) is 0 Å². The highest BCUT2D eigenvalue weighted by atomic mass is 79.9. The topological polar surface area (TPSA) is 12.0 Å². The van der Waals surface area contributed by atoms with Crippen molar-refractivity contribution in [3.8, 4) is 0 Å². The first kappa shape index (κ1) is 14.0. The Kier molecular flexibility index (Phi) is 4.72. The molecule has 92 valence electrons. The molecule has 1 N–H and O–H groups in total. The molecule has 17 heavy (non-hydrogen) atoms. The molecule has 0 aliphatic heterocycles. The normalized spacial score (nSPS) is 13.0. The number of hydrogen-bond acceptors (Lipinski definition) is 3. The van der Waals surface area contributed by atoms with Gasteiger partial charge in [0.05, 0.1) is 18.0 Å².